The van der Waals surface area contributed by atoms with Crippen LogP contribution in [-0.4, -0.2) is 41.0 Å². The van der Waals surface area contributed by atoms with E-state index in [2.05, 4.69) is 15.5 Å². The number of carboxylic acid groups (broad SMARTS) is 1. The number of aromatic nitrogens is 2. The van der Waals surface area contributed by atoms with Crippen molar-refractivity contribution < 1.29 is 19.4 Å². The molecule has 1 aromatic carbocycles. The molecular formula is C19H25N3O4. The van der Waals surface area contributed by atoms with E-state index in [4.69, 9.17) is 9.47 Å². The van der Waals surface area contributed by atoms with Crippen LogP contribution in [0, 0.1) is 5.41 Å². The molecule has 0 saturated carbocycles. The zero-order chi connectivity index (χ0) is 18.6. The number of hydrogen-bond acceptors (Lipinski definition) is 5. The van der Waals surface area contributed by atoms with Crippen LogP contribution < -0.4 is 14.8 Å². The lowest BCUT2D eigenvalue weighted by atomic mass is 9.82. The van der Waals surface area contributed by atoms with Gasteiger partial charge in [0.05, 0.1) is 17.3 Å². The van der Waals surface area contributed by atoms with E-state index in [1.807, 2.05) is 32.0 Å². The van der Waals surface area contributed by atoms with Crippen molar-refractivity contribution in [2.75, 3.05) is 19.8 Å². The first-order valence-corrected chi connectivity index (χ1v) is 8.96. The second-order valence-corrected chi connectivity index (χ2v) is 6.52. The average molecular weight is 359 g/mol. The molecule has 0 unspecified atom stereocenters. The molecule has 0 aliphatic carbocycles. The van der Waals surface area contributed by atoms with Gasteiger partial charge in [0.1, 0.15) is 13.2 Å². The number of H-pyrrole nitrogens is 1. The minimum absolute atomic E-state index is 0.418. The molecule has 1 aliphatic heterocycles. The van der Waals surface area contributed by atoms with E-state index in [0.717, 1.165) is 28.3 Å². The summed E-state index contributed by atoms with van der Waals surface area (Å²) in [6.45, 7) is 5.89. The summed E-state index contributed by atoms with van der Waals surface area (Å²) in [6.07, 6.45) is 2.94. The maximum atomic E-state index is 11.6. The van der Waals surface area contributed by atoms with E-state index < -0.39 is 11.4 Å². The van der Waals surface area contributed by atoms with Crippen molar-refractivity contribution in [1.82, 2.24) is 15.5 Å². The van der Waals surface area contributed by atoms with Gasteiger partial charge in [-0.15, -0.1) is 0 Å². The smallest absolute Gasteiger partial charge is 0.310 e. The lowest BCUT2D eigenvalue weighted by Crippen LogP contribution is -2.40. The highest BCUT2D eigenvalue weighted by molar-refractivity contribution is 5.74. The molecule has 2 aromatic rings. The Morgan fingerprint density at radius 2 is 2.00 bits per heavy atom. The number of fused-ring (bicyclic) bond motifs is 1. The zero-order valence-electron chi connectivity index (χ0n) is 15.2. The molecular weight excluding hydrogens is 334 g/mol. The van der Waals surface area contributed by atoms with Crippen molar-refractivity contribution in [2.45, 2.75) is 33.2 Å². The molecule has 0 spiro atoms. The predicted molar refractivity (Wildman–Crippen MR) is 97.4 cm³/mol. The molecule has 0 atom stereocenters. The number of carboxylic acids is 1. The molecule has 7 heteroatoms. The number of aliphatic carboxylic acids is 1. The Hall–Kier alpha value is -2.54. The van der Waals surface area contributed by atoms with Gasteiger partial charge in [-0.3, -0.25) is 9.89 Å². The van der Waals surface area contributed by atoms with E-state index in [-0.39, 0.29) is 0 Å². The largest absolute Gasteiger partial charge is 0.486 e. The minimum atomic E-state index is -0.755. The highest BCUT2D eigenvalue weighted by Crippen LogP contribution is 2.35. The molecule has 0 amide bonds. The average Bonchev–Trinajstić information content (AvgIpc) is 3.13. The summed E-state index contributed by atoms with van der Waals surface area (Å²) < 4.78 is 11.2. The van der Waals surface area contributed by atoms with Gasteiger partial charge in [0, 0.05) is 24.2 Å². The number of carbonyl (C=O) groups is 1. The van der Waals surface area contributed by atoms with Gasteiger partial charge in [-0.25, -0.2) is 0 Å². The van der Waals surface area contributed by atoms with Crippen LogP contribution in [0.4, 0.5) is 0 Å². The molecule has 0 fully saturated rings. The van der Waals surface area contributed by atoms with Crippen molar-refractivity contribution in [1.29, 1.82) is 0 Å². The van der Waals surface area contributed by atoms with Crippen LogP contribution in [0.5, 0.6) is 11.5 Å². The summed E-state index contributed by atoms with van der Waals surface area (Å²) in [6, 6.07) is 5.79. The maximum absolute atomic E-state index is 11.6. The summed E-state index contributed by atoms with van der Waals surface area (Å²) in [5, 5.41) is 20.0. The van der Waals surface area contributed by atoms with E-state index in [1.54, 1.807) is 6.20 Å². The van der Waals surface area contributed by atoms with Crippen LogP contribution in [0.25, 0.3) is 11.3 Å². The molecule has 2 heterocycles. The second-order valence-electron chi connectivity index (χ2n) is 6.52. The van der Waals surface area contributed by atoms with Crippen LogP contribution in [0.2, 0.25) is 0 Å². The van der Waals surface area contributed by atoms with Gasteiger partial charge in [0.15, 0.2) is 11.5 Å². The first kappa shape index (κ1) is 18.3. The summed E-state index contributed by atoms with van der Waals surface area (Å²) in [5.74, 6) is 0.717. The third-order valence-electron chi connectivity index (χ3n) is 5.13. The fraction of sp³-hybridized carbons (Fsp3) is 0.474. The maximum Gasteiger partial charge on any atom is 0.310 e. The predicted octanol–water partition coefficient (Wildman–Crippen LogP) is 2.83. The normalized spacial score (nSPS) is 13.6. The molecule has 0 saturated heterocycles. The Kier molecular flexibility index (Phi) is 5.46. The Bertz CT molecular complexity index is 768. The highest BCUT2D eigenvalue weighted by Gasteiger charge is 2.34. The quantitative estimate of drug-likeness (QED) is 0.671. The van der Waals surface area contributed by atoms with Gasteiger partial charge in [-0.2, -0.15) is 5.10 Å². The topological polar surface area (TPSA) is 96.5 Å². The molecule has 1 aromatic heterocycles. The Morgan fingerprint density at radius 3 is 2.69 bits per heavy atom. The second kappa shape index (κ2) is 7.78. The van der Waals surface area contributed by atoms with Gasteiger partial charge in [0.2, 0.25) is 0 Å². The molecule has 7 nitrogen and oxygen atoms in total. The summed E-state index contributed by atoms with van der Waals surface area (Å²) in [5.41, 5.74) is 2.09. The molecule has 3 N–H and O–H groups in total. The summed E-state index contributed by atoms with van der Waals surface area (Å²) >= 11 is 0. The number of ether oxygens (including phenoxy) is 2. The first-order valence-electron chi connectivity index (χ1n) is 8.96. The summed E-state index contributed by atoms with van der Waals surface area (Å²) in [4.78, 5) is 11.6. The Balaban J connectivity index is 1.72. The minimum Gasteiger partial charge on any atom is -0.486 e. The van der Waals surface area contributed by atoms with Crippen LogP contribution in [0.15, 0.2) is 24.4 Å². The van der Waals surface area contributed by atoms with Gasteiger partial charge >= 0.3 is 5.97 Å². The monoisotopic (exact) mass is 359 g/mol. The lowest BCUT2D eigenvalue weighted by molar-refractivity contribution is -0.149. The van der Waals surface area contributed by atoms with Gasteiger partial charge in [-0.1, -0.05) is 13.8 Å². The number of hydrogen-bond donors (Lipinski definition) is 3. The number of aromatic amines is 1. The van der Waals surface area contributed by atoms with Crippen molar-refractivity contribution in [3.05, 3.63) is 30.0 Å². The van der Waals surface area contributed by atoms with Gasteiger partial charge in [0.25, 0.3) is 0 Å². The molecule has 1 aliphatic rings. The number of benzene rings is 1. The number of nitrogens with one attached hydrogen (secondary N) is 2. The zero-order valence-corrected chi connectivity index (χ0v) is 15.2. The molecule has 0 bridgehead atoms. The van der Waals surface area contributed by atoms with Crippen molar-refractivity contribution in [2.24, 2.45) is 5.41 Å². The first-order chi connectivity index (χ1) is 12.6. The number of nitrogens with zero attached hydrogens (tertiary/aromatic N) is 1. The van der Waals surface area contributed by atoms with Crippen molar-refractivity contribution >= 4 is 5.97 Å². The van der Waals surface area contributed by atoms with Crippen LogP contribution in [-0.2, 0) is 11.3 Å². The van der Waals surface area contributed by atoms with Gasteiger partial charge < -0.3 is 19.9 Å². The third-order valence-corrected chi connectivity index (χ3v) is 5.13. The fourth-order valence-electron chi connectivity index (χ4n) is 3.21. The van der Waals surface area contributed by atoms with Crippen LogP contribution in [0.3, 0.4) is 0 Å². The fourth-order valence-corrected chi connectivity index (χ4v) is 3.21. The highest BCUT2D eigenvalue weighted by atomic mass is 16.6. The van der Waals surface area contributed by atoms with E-state index in [1.165, 1.54) is 0 Å². The SMILES string of the molecule is CCC(CC)(CNCc1cn[nH]c1-c1ccc2c(c1)OCCO2)C(=O)O. The van der Waals surface area contributed by atoms with Crippen LogP contribution >= 0.6 is 0 Å². The van der Waals surface area contributed by atoms with Crippen molar-refractivity contribution in [3.8, 4) is 22.8 Å². The van der Waals surface area contributed by atoms with E-state index in [0.29, 0.717) is 39.1 Å². The Labute approximate surface area is 152 Å². The molecule has 0 radical (unpaired) electrons. The molecule has 140 valence electrons. The third kappa shape index (κ3) is 3.53. The van der Waals surface area contributed by atoms with E-state index in [9.17, 15) is 9.90 Å². The number of rotatable bonds is 8. The Morgan fingerprint density at radius 1 is 1.27 bits per heavy atom. The standard InChI is InChI=1S/C19H25N3O4/c1-3-19(4-2,18(23)24)12-20-10-14-11-21-22-17(14)13-5-6-15-16(9-13)26-8-7-25-15/h5-6,9,11,20H,3-4,7-8,10,12H2,1-2H3,(H,21,22)(H,23,24). The summed E-state index contributed by atoms with van der Waals surface area (Å²) in [7, 11) is 0. The van der Waals surface area contributed by atoms with E-state index >= 15 is 0 Å². The van der Waals surface area contributed by atoms with Crippen molar-refractivity contribution in [3.63, 3.8) is 0 Å². The van der Waals surface area contributed by atoms with Crippen LogP contribution in [0.1, 0.15) is 32.3 Å². The molecule has 3 rings (SSSR count). The van der Waals surface area contributed by atoms with Gasteiger partial charge in [-0.05, 0) is 31.0 Å². The molecule has 26 heavy (non-hydrogen) atoms. The lowest BCUT2D eigenvalue weighted by Gasteiger charge is -2.27.